The first kappa shape index (κ1) is 55.9. The Balaban J connectivity index is 4.48. The molecule has 1 amide bonds. The number of phosphoric ester groups is 1. The third-order valence-electron chi connectivity index (χ3n) is 9.95. The second kappa shape index (κ2) is 40.4. The van der Waals surface area contributed by atoms with E-state index >= 15 is 0 Å². The molecule has 58 heavy (non-hydrogen) atoms. The summed E-state index contributed by atoms with van der Waals surface area (Å²) in [5, 5.41) is 13.7. The standard InChI is InChI=1S/C49H89N2O6P/c1-6-8-10-12-14-16-18-20-22-23-24-25-26-27-29-30-32-34-36-38-40-42-48(52)47(46-57-58(54,55)56-45-44-51(3,4)5)50-49(53)43-41-39-37-35-33-31-28-21-19-17-15-13-11-9-7-2/h9,11,15,17,21,28,33,35,39-42,47-48,52H,6-8,10,12-14,16,18-20,22-27,29-32,34,36-38,43-46H2,1-5H3,(H-,50,53,54,55)/b11-9-,17-15-,28-21-,35-33-,41-39-,42-40+. The molecular weight excluding hydrogens is 744 g/mol. The number of aliphatic hydroxyl groups excluding tert-OH is 1. The number of carbonyl (C=O) groups is 1. The van der Waals surface area contributed by atoms with Crippen LogP contribution in [-0.4, -0.2) is 68.5 Å². The molecule has 0 aliphatic carbocycles. The molecule has 0 heterocycles. The van der Waals surface area contributed by atoms with Crippen molar-refractivity contribution in [2.24, 2.45) is 0 Å². The van der Waals surface area contributed by atoms with Gasteiger partial charge >= 0.3 is 0 Å². The molecule has 0 saturated heterocycles. The molecule has 0 bridgehead atoms. The number of quaternary nitrogens is 1. The van der Waals surface area contributed by atoms with Crippen LogP contribution in [0.3, 0.4) is 0 Å². The number of amides is 1. The van der Waals surface area contributed by atoms with Crippen LogP contribution in [0.25, 0.3) is 0 Å². The van der Waals surface area contributed by atoms with Crippen LogP contribution in [0.15, 0.2) is 72.9 Å². The van der Waals surface area contributed by atoms with Crippen molar-refractivity contribution in [1.29, 1.82) is 0 Å². The van der Waals surface area contributed by atoms with E-state index in [0.717, 1.165) is 44.9 Å². The molecule has 3 atom stereocenters. The minimum Gasteiger partial charge on any atom is -0.756 e. The first-order valence-corrected chi connectivity index (χ1v) is 24.8. The summed E-state index contributed by atoms with van der Waals surface area (Å²) in [6.07, 6.45) is 54.2. The zero-order chi connectivity index (χ0) is 42.8. The molecule has 0 aromatic heterocycles. The van der Waals surface area contributed by atoms with Crippen LogP contribution in [0.1, 0.15) is 181 Å². The number of carbonyl (C=O) groups excluding carboxylic acids is 1. The van der Waals surface area contributed by atoms with Gasteiger partial charge in [-0.3, -0.25) is 9.36 Å². The predicted molar refractivity (Wildman–Crippen MR) is 247 cm³/mol. The largest absolute Gasteiger partial charge is 0.756 e. The van der Waals surface area contributed by atoms with Crippen molar-refractivity contribution in [3.05, 3.63) is 72.9 Å². The highest BCUT2D eigenvalue weighted by molar-refractivity contribution is 7.45. The zero-order valence-electron chi connectivity index (χ0n) is 38.0. The van der Waals surface area contributed by atoms with E-state index in [1.54, 1.807) is 12.2 Å². The highest BCUT2D eigenvalue weighted by atomic mass is 31.2. The highest BCUT2D eigenvalue weighted by Crippen LogP contribution is 2.38. The normalized spacial score (nSPS) is 14.9. The van der Waals surface area contributed by atoms with E-state index in [9.17, 15) is 19.4 Å². The van der Waals surface area contributed by atoms with Gasteiger partial charge < -0.3 is 28.8 Å². The number of nitrogens with zero attached hydrogens (tertiary/aromatic N) is 1. The molecule has 0 aromatic rings. The van der Waals surface area contributed by atoms with Gasteiger partial charge in [-0.05, 0) is 44.9 Å². The van der Waals surface area contributed by atoms with E-state index in [-0.39, 0.29) is 18.9 Å². The average molecular weight is 833 g/mol. The summed E-state index contributed by atoms with van der Waals surface area (Å²) in [5.74, 6) is -0.326. The minimum atomic E-state index is -4.62. The van der Waals surface area contributed by atoms with Crippen LogP contribution >= 0.6 is 7.82 Å². The van der Waals surface area contributed by atoms with E-state index in [1.165, 1.54) is 109 Å². The molecule has 336 valence electrons. The van der Waals surface area contributed by atoms with Gasteiger partial charge in [-0.2, -0.15) is 0 Å². The molecule has 0 spiro atoms. The quantitative estimate of drug-likeness (QED) is 0.0275. The number of rotatable bonds is 41. The van der Waals surface area contributed by atoms with Crippen molar-refractivity contribution >= 4 is 13.7 Å². The maximum absolute atomic E-state index is 12.8. The van der Waals surface area contributed by atoms with Gasteiger partial charge in [0, 0.05) is 6.42 Å². The van der Waals surface area contributed by atoms with Crippen molar-refractivity contribution in [3.63, 3.8) is 0 Å². The fourth-order valence-corrected chi connectivity index (χ4v) is 7.00. The van der Waals surface area contributed by atoms with Crippen molar-refractivity contribution in [2.75, 3.05) is 40.9 Å². The van der Waals surface area contributed by atoms with Gasteiger partial charge in [0.15, 0.2) is 0 Å². The smallest absolute Gasteiger partial charge is 0.268 e. The first-order chi connectivity index (χ1) is 28.0. The summed E-state index contributed by atoms with van der Waals surface area (Å²) >= 11 is 0. The van der Waals surface area contributed by atoms with Crippen LogP contribution in [0.2, 0.25) is 0 Å². The molecule has 0 aliphatic rings. The molecule has 0 aliphatic heterocycles. The second-order valence-corrected chi connectivity index (χ2v) is 18.2. The lowest BCUT2D eigenvalue weighted by Gasteiger charge is -2.29. The lowest BCUT2D eigenvalue weighted by Crippen LogP contribution is -2.45. The predicted octanol–water partition coefficient (Wildman–Crippen LogP) is 12.6. The first-order valence-electron chi connectivity index (χ1n) is 23.3. The molecule has 0 fully saturated rings. The molecule has 0 radical (unpaired) electrons. The molecular formula is C49H89N2O6P. The Kier molecular flexibility index (Phi) is 38.9. The van der Waals surface area contributed by atoms with E-state index in [4.69, 9.17) is 9.05 Å². The fraction of sp³-hybridized carbons (Fsp3) is 0.735. The second-order valence-electron chi connectivity index (χ2n) is 16.7. The fourth-order valence-electron chi connectivity index (χ4n) is 6.28. The number of aliphatic hydroxyl groups is 1. The van der Waals surface area contributed by atoms with E-state index in [2.05, 4.69) is 67.8 Å². The van der Waals surface area contributed by atoms with Crippen LogP contribution in [-0.2, 0) is 18.4 Å². The lowest BCUT2D eigenvalue weighted by atomic mass is 10.0. The Labute approximate surface area is 357 Å². The number of nitrogens with one attached hydrogen (secondary N) is 1. The summed E-state index contributed by atoms with van der Waals surface area (Å²) in [4.78, 5) is 25.2. The third-order valence-corrected chi connectivity index (χ3v) is 10.9. The van der Waals surface area contributed by atoms with Crippen molar-refractivity contribution in [3.8, 4) is 0 Å². The Morgan fingerprint density at radius 1 is 0.621 bits per heavy atom. The van der Waals surface area contributed by atoms with Crippen LogP contribution in [0.4, 0.5) is 0 Å². The van der Waals surface area contributed by atoms with E-state index in [0.29, 0.717) is 17.4 Å². The third kappa shape index (κ3) is 42.1. The van der Waals surface area contributed by atoms with Crippen LogP contribution in [0.5, 0.6) is 0 Å². The number of unbranched alkanes of at least 4 members (excludes halogenated alkanes) is 19. The Morgan fingerprint density at radius 2 is 1.03 bits per heavy atom. The van der Waals surface area contributed by atoms with Gasteiger partial charge in [0.25, 0.3) is 7.82 Å². The molecule has 0 rings (SSSR count). The Morgan fingerprint density at radius 3 is 1.47 bits per heavy atom. The van der Waals surface area contributed by atoms with Crippen LogP contribution < -0.4 is 10.2 Å². The van der Waals surface area contributed by atoms with Gasteiger partial charge in [0.2, 0.25) is 5.91 Å². The highest BCUT2D eigenvalue weighted by Gasteiger charge is 2.23. The van der Waals surface area contributed by atoms with E-state index < -0.39 is 26.6 Å². The SMILES string of the molecule is CC/C=C\C/C=C\C/C=C\C/C=C\C/C=C\CC(=O)NC(COP(=O)([O-])OCC[N+](C)(C)C)C(O)/C=C/CCCCCCCCCCCCCCCCCCCCC. The molecule has 0 saturated carbocycles. The zero-order valence-corrected chi connectivity index (χ0v) is 38.9. The van der Waals surface area contributed by atoms with Gasteiger partial charge in [-0.25, -0.2) is 0 Å². The van der Waals surface area contributed by atoms with Gasteiger partial charge in [-0.15, -0.1) is 0 Å². The maximum atomic E-state index is 12.8. The summed E-state index contributed by atoms with van der Waals surface area (Å²) in [6.45, 7) is 4.45. The van der Waals surface area contributed by atoms with Crippen molar-refractivity contribution in [2.45, 2.75) is 193 Å². The van der Waals surface area contributed by atoms with Crippen molar-refractivity contribution in [1.82, 2.24) is 5.32 Å². The summed E-state index contributed by atoms with van der Waals surface area (Å²) in [7, 11) is 1.20. The number of allylic oxidation sites excluding steroid dienone is 10. The molecule has 3 unspecified atom stereocenters. The Bertz CT molecular complexity index is 1170. The lowest BCUT2D eigenvalue weighted by molar-refractivity contribution is -0.870. The van der Waals surface area contributed by atoms with Crippen molar-refractivity contribution < 1.29 is 32.9 Å². The topological polar surface area (TPSA) is 108 Å². The van der Waals surface area contributed by atoms with E-state index in [1.807, 2.05) is 33.3 Å². The number of hydrogen-bond acceptors (Lipinski definition) is 6. The monoisotopic (exact) mass is 833 g/mol. The molecule has 2 N–H and O–H groups in total. The summed E-state index contributed by atoms with van der Waals surface area (Å²) < 4.78 is 23.2. The number of hydrogen-bond donors (Lipinski definition) is 2. The molecule has 8 nitrogen and oxygen atoms in total. The average Bonchev–Trinajstić information content (AvgIpc) is 3.17. The van der Waals surface area contributed by atoms with Gasteiger partial charge in [0.05, 0.1) is 39.9 Å². The minimum absolute atomic E-state index is 0.0206. The van der Waals surface area contributed by atoms with Gasteiger partial charge in [-0.1, -0.05) is 202 Å². The maximum Gasteiger partial charge on any atom is 0.268 e. The number of likely N-dealkylation sites (N-methyl/N-ethyl adjacent to an activating group) is 1. The summed E-state index contributed by atoms with van der Waals surface area (Å²) in [5.41, 5.74) is 0. The van der Waals surface area contributed by atoms with Crippen LogP contribution in [0, 0.1) is 0 Å². The summed E-state index contributed by atoms with van der Waals surface area (Å²) in [6, 6.07) is -0.944. The Hall–Kier alpha value is -2.06. The molecule has 0 aromatic carbocycles. The molecule has 9 heteroatoms. The van der Waals surface area contributed by atoms with Gasteiger partial charge in [0.1, 0.15) is 13.2 Å². The number of phosphoric acid groups is 1.